The van der Waals surface area contributed by atoms with Crippen LogP contribution in [0.4, 0.5) is 10.1 Å². The summed E-state index contributed by atoms with van der Waals surface area (Å²) in [5, 5.41) is 2.90. The fourth-order valence-corrected chi connectivity index (χ4v) is 4.50. The second-order valence-electron chi connectivity index (χ2n) is 6.77. The summed E-state index contributed by atoms with van der Waals surface area (Å²) in [4.78, 5) is 14.8. The molecule has 8 heteroatoms. The van der Waals surface area contributed by atoms with E-state index in [0.717, 1.165) is 25.9 Å². The first-order valence-corrected chi connectivity index (χ1v) is 10.8. The number of nitrogens with one attached hydrogen (secondary N) is 2. The van der Waals surface area contributed by atoms with Crippen molar-refractivity contribution in [2.24, 2.45) is 0 Å². The smallest absolute Gasteiger partial charge is 0.261 e. The number of likely N-dealkylation sites (tertiary alicyclic amines) is 1. The lowest BCUT2D eigenvalue weighted by Gasteiger charge is -2.22. The number of nitrogens with zero attached hydrogens (tertiary/aromatic N) is 1. The number of likely N-dealkylation sites (N-methyl/N-ethyl adjacent to an activating group) is 1. The first kappa shape index (κ1) is 20.3. The number of anilines is 1. The fraction of sp³-hybridized carbons (Fsp3) is 0.350. The lowest BCUT2D eigenvalue weighted by molar-refractivity contribution is 0.0941. The molecule has 1 aliphatic heterocycles. The molecule has 6 nitrogen and oxygen atoms in total. The van der Waals surface area contributed by atoms with Gasteiger partial charge in [0.1, 0.15) is 5.82 Å². The van der Waals surface area contributed by atoms with Crippen LogP contribution in [0.25, 0.3) is 0 Å². The monoisotopic (exact) mass is 405 g/mol. The average molecular weight is 405 g/mol. The van der Waals surface area contributed by atoms with Gasteiger partial charge >= 0.3 is 0 Å². The van der Waals surface area contributed by atoms with Crippen molar-refractivity contribution in [3.05, 3.63) is 59.9 Å². The van der Waals surface area contributed by atoms with Gasteiger partial charge in [-0.25, -0.2) is 12.8 Å². The number of amides is 1. The second-order valence-corrected chi connectivity index (χ2v) is 8.46. The van der Waals surface area contributed by atoms with Gasteiger partial charge in [0.05, 0.1) is 4.90 Å². The Balaban J connectivity index is 1.68. The van der Waals surface area contributed by atoms with Crippen molar-refractivity contribution in [1.82, 2.24) is 10.2 Å². The minimum atomic E-state index is -3.89. The van der Waals surface area contributed by atoms with Crippen molar-refractivity contribution in [2.75, 3.05) is 24.4 Å². The number of benzene rings is 2. The van der Waals surface area contributed by atoms with Crippen LogP contribution in [0.15, 0.2) is 53.4 Å². The van der Waals surface area contributed by atoms with E-state index in [1.54, 1.807) is 6.07 Å². The number of hydrogen-bond donors (Lipinski definition) is 2. The predicted molar refractivity (Wildman–Crippen MR) is 106 cm³/mol. The molecule has 0 saturated carbocycles. The molecule has 3 rings (SSSR count). The summed E-state index contributed by atoms with van der Waals surface area (Å²) in [5.41, 5.74) is 0.528. The summed E-state index contributed by atoms with van der Waals surface area (Å²) in [6.07, 6.45) is 2.17. The quantitative estimate of drug-likeness (QED) is 0.743. The van der Waals surface area contributed by atoms with Crippen LogP contribution >= 0.6 is 0 Å². The number of carbonyl (C=O) groups is 1. The first-order chi connectivity index (χ1) is 13.4. The topological polar surface area (TPSA) is 78.5 Å². The molecule has 1 atom stereocenters. The van der Waals surface area contributed by atoms with Gasteiger partial charge in [-0.1, -0.05) is 13.0 Å². The van der Waals surface area contributed by atoms with Gasteiger partial charge < -0.3 is 5.32 Å². The zero-order chi connectivity index (χ0) is 20.1. The molecule has 0 radical (unpaired) electrons. The standard InChI is InChI=1S/C20H24FN3O3S/c1-2-24-12-4-6-18(24)14-22-20(25)15-5-3-7-19(13-15)28(26,27)23-17-10-8-16(21)9-11-17/h3,5,7-11,13,18,23H,2,4,6,12,14H2,1H3,(H,22,25). The van der Waals surface area contributed by atoms with Crippen LogP contribution in [-0.2, 0) is 10.0 Å². The summed E-state index contributed by atoms with van der Waals surface area (Å²) in [7, 11) is -3.89. The number of halogens is 1. The van der Waals surface area contributed by atoms with Crippen molar-refractivity contribution in [3.63, 3.8) is 0 Å². The molecule has 1 fully saturated rings. The van der Waals surface area contributed by atoms with E-state index in [1.807, 2.05) is 0 Å². The highest BCUT2D eigenvalue weighted by Crippen LogP contribution is 2.18. The highest BCUT2D eigenvalue weighted by molar-refractivity contribution is 7.92. The van der Waals surface area contributed by atoms with E-state index in [9.17, 15) is 17.6 Å². The minimum absolute atomic E-state index is 0.0273. The molecule has 2 aromatic rings. The van der Waals surface area contributed by atoms with Crippen molar-refractivity contribution >= 4 is 21.6 Å². The van der Waals surface area contributed by atoms with Crippen LogP contribution in [-0.4, -0.2) is 44.9 Å². The molecule has 1 unspecified atom stereocenters. The lowest BCUT2D eigenvalue weighted by atomic mass is 10.2. The van der Waals surface area contributed by atoms with Gasteiger partial charge in [0.2, 0.25) is 0 Å². The third kappa shape index (κ3) is 4.88. The van der Waals surface area contributed by atoms with Gasteiger partial charge in [-0.3, -0.25) is 14.4 Å². The molecule has 2 aromatic carbocycles. The summed E-state index contributed by atoms with van der Waals surface area (Å²) in [5.74, 6) is -0.757. The SMILES string of the molecule is CCN1CCCC1CNC(=O)c1cccc(S(=O)(=O)Nc2ccc(F)cc2)c1. The maximum absolute atomic E-state index is 13.0. The molecule has 1 amide bonds. The number of sulfonamides is 1. The second kappa shape index (κ2) is 8.70. The van der Waals surface area contributed by atoms with Gasteiger partial charge in [-0.05, 0) is 68.4 Å². The van der Waals surface area contributed by atoms with Gasteiger partial charge in [-0.2, -0.15) is 0 Å². The largest absolute Gasteiger partial charge is 0.350 e. The molecule has 0 aliphatic carbocycles. The van der Waals surface area contributed by atoms with Gasteiger partial charge in [0, 0.05) is 23.8 Å². The van der Waals surface area contributed by atoms with Crippen LogP contribution in [0.3, 0.4) is 0 Å². The van der Waals surface area contributed by atoms with Crippen LogP contribution < -0.4 is 10.0 Å². The molecule has 1 saturated heterocycles. The Morgan fingerprint density at radius 1 is 1.21 bits per heavy atom. The average Bonchev–Trinajstić information content (AvgIpc) is 3.15. The van der Waals surface area contributed by atoms with Crippen molar-refractivity contribution in [1.29, 1.82) is 0 Å². The Bertz CT molecular complexity index is 932. The van der Waals surface area contributed by atoms with Crippen molar-refractivity contribution in [2.45, 2.75) is 30.7 Å². The van der Waals surface area contributed by atoms with E-state index in [4.69, 9.17) is 0 Å². The number of hydrogen-bond acceptors (Lipinski definition) is 4. The van der Waals surface area contributed by atoms with E-state index < -0.39 is 15.8 Å². The molecular weight excluding hydrogens is 381 g/mol. The zero-order valence-corrected chi connectivity index (χ0v) is 16.5. The molecule has 1 heterocycles. The number of carbonyl (C=O) groups excluding carboxylic acids is 1. The Hall–Kier alpha value is -2.45. The van der Waals surface area contributed by atoms with E-state index >= 15 is 0 Å². The van der Waals surface area contributed by atoms with E-state index in [0.29, 0.717) is 12.6 Å². The maximum atomic E-state index is 13.0. The summed E-state index contributed by atoms with van der Waals surface area (Å²) >= 11 is 0. The van der Waals surface area contributed by atoms with Gasteiger partial charge in [-0.15, -0.1) is 0 Å². The van der Waals surface area contributed by atoms with E-state index in [2.05, 4.69) is 21.9 Å². The molecule has 0 aromatic heterocycles. The van der Waals surface area contributed by atoms with Gasteiger partial charge in [0.15, 0.2) is 0 Å². The molecule has 0 spiro atoms. The highest BCUT2D eigenvalue weighted by atomic mass is 32.2. The zero-order valence-electron chi connectivity index (χ0n) is 15.7. The summed E-state index contributed by atoms with van der Waals surface area (Å²) in [6, 6.07) is 11.2. The molecule has 2 N–H and O–H groups in total. The van der Waals surface area contributed by atoms with Crippen LogP contribution in [0, 0.1) is 5.82 Å². The first-order valence-electron chi connectivity index (χ1n) is 9.30. The fourth-order valence-electron chi connectivity index (χ4n) is 3.39. The van der Waals surface area contributed by atoms with Crippen LogP contribution in [0.5, 0.6) is 0 Å². The Labute approximate surface area is 164 Å². The van der Waals surface area contributed by atoms with Crippen molar-refractivity contribution < 1.29 is 17.6 Å². The molecular formula is C20H24FN3O3S. The number of rotatable bonds is 7. The minimum Gasteiger partial charge on any atom is -0.350 e. The third-order valence-corrected chi connectivity index (χ3v) is 6.29. The molecule has 150 valence electrons. The van der Waals surface area contributed by atoms with E-state index in [-0.39, 0.29) is 22.1 Å². The Kier molecular flexibility index (Phi) is 6.31. The molecule has 0 bridgehead atoms. The summed E-state index contributed by atoms with van der Waals surface area (Å²) < 4.78 is 40.5. The Morgan fingerprint density at radius 3 is 2.68 bits per heavy atom. The van der Waals surface area contributed by atoms with Crippen LogP contribution in [0.2, 0.25) is 0 Å². The maximum Gasteiger partial charge on any atom is 0.261 e. The molecule has 1 aliphatic rings. The van der Waals surface area contributed by atoms with Gasteiger partial charge in [0.25, 0.3) is 15.9 Å². The lowest BCUT2D eigenvalue weighted by Crippen LogP contribution is -2.40. The van der Waals surface area contributed by atoms with Crippen molar-refractivity contribution in [3.8, 4) is 0 Å². The molecule has 28 heavy (non-hydrogen) atoms. The van der Waals surface area contributed by atoms with E-state index in [1.165, 1.54) is 42.5 Å². The van der Waals surface area contributed by atoms with Crippen LogP contribution in [0.1, 0.15) is 30.1 Å². The third-order valence-electron chi connectivity index (χ3n) is 4.91. The normalized spacial score (nSPS) is 17.4. The highest BCUT2D eigenvalue weighted by Gasteiger charge is 2.23. The Morgan fingerprint density at radius 2 is 1.96 bits per heavy atom. The predicted octanol–water partition coefficient (Wildman–Crippen LogP) is 2.84. The summed E-state index contributed by atoms with van der Waals surface area (Å²) in [6.45, 7) is 4.63.